The van der Waals surface area contributed by atoms with Crippen LogP contribution in [-0.4, -0.2) is 29.5 Å². The van der Waals surface area contributed by atoms with Crippen LogP contribution >= 0.6 is 0 Å². The first kappa shape index (κ1) is 15.1. The highest BCUT2D eigenvalue weighted by molar-refractivity contribution is 5.75. The SMILES string of the molecule is Cn1cc(Nc2ncc3cnn(Cc4cccc(N)c4F)c3n2)cn1. The molecule has 3 aromatic heterocycles. The fraction of sp³-hybridized carbons (Fsp3) is 0.125. The summed E-state index contributed by atoms with van der Waals surface area (Å²) in [5.74, 6) is -0.0239. The molecule has 0 spiro atoms. The molecule has 4 aromatic rings. The largest absolute Gasteiger partial charge is 0.396 e. The Kier molecular flexibility index (Phi) is 3.53. The van der Waals surface area contributed by atoms with E-state index < -0.39 is 5.82 Å². The molecule has 9 heteroatoms. The van der Waals surface area contributed by atoms with Crippen LogP contribution in [0.4, 0.5) is 21.7 Å². The lowest BCUT2D eigenvalue weighted by molar-refractivity contribution is 0.593. The van der Waals surface area contributed by atoms with Crippen LogP contribution in [0.1, 0.15) is 5.56 Å². The molecule has 0 atom stereocenters. The van der Waals surface area contributed by atoms with Gasteiger partial charge in [-0.15, -0.1) is 0 Å². The Morgan fingerprint density at radius 2 is 2.08 bits per heavy atom. The van der Waals surface area contributed by atoms with Crippen LogP contribution in [0.3, 0.4) is 0 Å². The number of benzene rings is 1. The Morgan fingerprint density at radius 3 is 2.88 bits per heavy atom. The molecule has 126 valence electrons. The molecule has 0 saturated heterocycles. The summed E-state index contributed by atoms with van der Waals surface area (Å²) in [4.78, 5) is 8.73. The van der Waals surface area contributed by atoms with Gasteiger partial charge in [-0.2, -0.15) is 15.2 Å². The van der Waals surface area contributed by atoms with Gasteiger partial charge in [0.15, 0.2) is 11.5 Å². The lowest BCUT2D eigenvalue weighted by atomic mass is 10.2. The van der Waals surface area contributed by atoms with Crippen LogP contribution in [0.25, 0.3) is 11.0 Å². The van der Waals surface area contributed by atoms with E-state index in [1.807, 2.05) is 13.2 Å². The number of hydrogen-bond acceptors (Lipinski definition) is 6. The topological polar surface area (TPSA) is 99.5 Å². The first-order valence-corrected chi connectivity index (χ1v) is 7.57. The summed E-state index contributed by atoms with van der Waals surface area (Å²) in [7, 11) is 1.82. The van der Waals surface area contributed by atoms with Crippen LogP contribution in [0.2, 0.25) is 0 Å². The zero-order valence-corrected chi connectivity index (χ0v) is 13.4. The zero-order chi connectivity index (χ0) is 17.4. The number of aryl methyl sites for hydroxylation is 1. The zero-order valence-electron chi connectivity index (χ0n) is 13.4. The highest BCUT2D eigenvalue weighted by Gasteiger charge is 2.11. The van der Waals surface area contributed by atoms with Gasteiger partial charge in [-0.25, -0.2) is 14.1 Å². The number of rotatable bonds is 4. The molecule has 8 nitrogen and oxygen atoms in total. The number of nitrogens with one attached hydrogen (secondary N) is 1. The maximum atomic E-state index is 14.1. The average molecular weight is 338 g/mol. The molecule has 0 aliphatic carbocycles. The van der Waals surface area contributed by atoms with Crippen molar-refractivity contribution >= 4 is 28.4 Å². The van der Waals surface area contributed by atoms with Crippen molar-refractivity contribution in [3.63, 3.8) is 0 Å². The van der Waals surface area contributed by atoms with E-state index in [0.29, 0.717) is 17.2 Å². The minimum absolute atomic E-state index is 0.113. The van der Waals surface area contributed by atoms with Crippen LogP contribution in [0.5, 0.6) is 0 Å². The predicted octanol–water partition coefficient (Wildman–Crippen LogP) is 2.07. The number of aromatic nitrogens is 6. The number of hydrogen-bond donors (Lipinski definition) is 2. The van der Waals surface area contributed by atoms with Gasteiger partial charge >= 0.3 is 0 Å². The van der Waals surface area contributed by atoms with Gasteiger partial charge < -0.3 is 11.1 Å². The number of fused-ring (bicyclic) bond motifs is 1. The summed E-state index contributed by atoms with van der Waals surface area (Å²) in [6.07, 6.45) is 6.80. The van der Waals surface area contributed by atoms with Crippen molar-refractivity contribution in [1.82, 2.24) is 29.5 Å². The van der Waals surface area contributed by atoms with Gasteiger partial charge in [0.1, 0.15) is 0 Å². The minimum atomic E-state index is -0.436. The molecule has 0 amide bonds. The maximum Gasteiger partial charge on any atom is 0.229 e. The molecular formula is C16H15FN8. The van der Waals surface area contributed by atoms with Crippen molar-refractivity contribution in [2.24, 2.45) is 7.05 Å². The Bertz CT molecular complexity index is 1050. The number of nitrogens with zero attached hydrogens (tertiary/aromatic N) is 6. The van der Waals surface area contributed by atoms with Crippen molar-refractivity contribution in [3.8, 4) is 0 Å². The monoisotopic (exact) mass is 338 g/mol. The summed E-state index contributed by atoms with van der Waals surface area (Å²) in [6.45, 7) is 0.226. The maximum absolute atomic E-state index is 14.1. The summed E-state index contributed by atoms with van der Waals surface area (Å²) >= 11 is 0. The van der Waals surface area contributed by atoms with Gasteiger partial charge in [-0.3, -0.25) is 4.68 Å². The quantitative estimate of drug-likeness (QED) is 0.553. The molecule has 25 heavy (non-hydrogen) atoms. The van der Waals surface area contributed by atoms with Crippen LogP contribution < -0.4 is 11.1 Å². The fourth-order valence-corrected chi connectivity index (χ4v) is 2.54. The summed E-state index contributed by atoms with van der Waals surface area (Å²) in [5.41, 5.74) is 7.56. The molecular weight excluding hydrogens is 323 g/mol. The van der Waals surface area contributed by atoms with E-state index >= 15 is 0 Å². The Hall–Kier alpha value is -3.49. The van der Waals surface area contributed by atoms with Gasteiger partial charge in [0.25, 0.3) is 0 Å². The van der Waals surface area contributed by atoms with E-state index in [2.05, 4.69) is 25.5 Å². The van der Waals surface area contributed by atoms with Gasteiger partial charge in [-0.1, -0.05) is 12.1 Å². The third-order valence-corrected chi connectivity index (χ3v) is 3.77. The van der Waals surface area contributed by atoms with E-state index in [4.69, 9.17) is 5.73 Å². The van der Waals surface area contributed by atoms with Crippen molar-refractivity contribution in [3.05, 3.63) is 54.4 Å². The number of nitrogen functional groups attached to an aromatic ring is 1. The lowest BCUT2D eigenvalue weighted by Gasteiger charge is -2.07. The Morgan fingerprint density at radius 1 is 1.20 bits per heavy atom. The number of anilines is 3. The van der Waals surface area contributed by atoms with Crippen molar-refractivity contribution in [2.45, 2.75) is 6.54 Å². The fourth-order valence-electron chi connectivity index (χ4n) is 2.54. The van der Waals surface area contributed by atoms with Crippen molar-refractivity contribution in [2.75, 3.05) is 11.1 Å². The van der Waals surface area contributed by atoms with Gasteiger partial charge in [0, 0.05) is 25.0 Å². The molecule has 0 bridgehead atoms. The molecule has 0 aliphatic heterocycles. The third-order valence-electron chi connectivity index (χ3n) is 3.77. The van der Waals surface area contributed by atoms with E-state index in [9.17, 15) is 4.39 Å². The second-order valence-corrected chi connectivity index (χ2v) is 5.62. The third kappa shape index (κ3) is 2.87. The van der Waals surface area contributed by atoms with E-state index in [1.54, 1.807) is 40.1 Å². The minimum Gasteiger partial charge on any atom is -0.396 e. The highest BCUT2D eigenvalue weighted by atomic mass is 19.1. The second-order valence-electron chi connectivity index (χ2n) is 5.62. The van der Waals surface area contributed by atoms with Gasteiger partial charge in [-0.05, 0) is 6.07 Å². The first-order valence-electron chi connectivity index (χ1n) is 7.57. The molecule has 0 unspecified atom stereocenters. The lowest BCUT2D eigenvalue weighted by Crippen LogP contribution is -2.07. The van der Waals surface area contributed by atoms with Crippen LogP contribution in [-0.2, 0) is 13.6 Å². The molecule has 4 rings (SSSR count). The smallest absolute Gasteiger partial charge is 0.229 e. The first-order chi connectivity index (χ1) is 12.1. The Labute approximate surface area is 142 Å². The Balaban J connectivity index is 1.67. The van der Waals surface area contributed by atoms with Crippen molar-refractivity contribution in [1.29, 1.82) is 0 Å². The van der Waals surface area contributed by atoms with Gasteiger partial charge in [0.05, 0.1) is 35.7 Å². The highest BCUT2D eigenvalue weighted by Crippen LogP contribution is 2.19. The average Bonchev–Trinajstić information content (AvgIpc) is 3.18. The van der Waals surface area contributed by atoms with E-state index in [0.717, 1.165) is 11.1 Å². The van der Waals surface area contributed by atoms with Gasteiger partial charge in [0.2, 0.25) is 5.95 Å². The summed E-state index contributed by atoms with van der Waals surface area (Å²) < 4.78 is 17.4. The molecule has 0 aliphatic rings. The molecule has 0 fully saturated rings. The van der Waals surface area contributed by atoms with E-state index in [-0.39, 0.29) is 12.2 Å². The normalized spacial score (nSPS) is 11.1. The standard InChI is InChI=1S/C16H15FN8/c1-24-9-12(7-20-24)22-16-19-5-11-6-21-25(15(11)23-16)8-10-3-2-4-13(18)14(10)17/h2-7,9H,8,18H2,1H3,(H,19,22,23). The van der Waals surface area contributed by atoms with Crippen LogP contribution in [0, 0.1) is 5.82 Å². The number of nitrogens with two attached hydrogens (primary N) is 1. The molecule has 0 radical (unpaired) electrons. The second kappa shape index (κ2) is 5.86. The molecule has 3 heterocycles. The summed E-state index contributed by atoms with van der Waals surface area (Å²) in [5, 5.41) is 12.2. The number of halogens is 1. The summed E-state index contributed by atoms with van der Waals surface area (Å²) in [6, 6.07) is 4.91. The van der Waals surface area contributed by atoms with Crippen LogP contribution in [0.15, 0.2) is 43.0 Å². The molecule has 3 N–H and O–H groups in total. The van der Waals surface area contributed by atoms with Crippen molar-refractivity contribution < 1.29 is 4.39 Å². The molecule has 1 aromatic carbocycles. The molecule has 0 saturated carbocycles. The predicted molar refractivity (Wildman–Crippen MR) is 91.7 cm³/mol. The van der Waals surface area contributed by atoms with E-state index in [1.165, 1.54) is 6.07 Å².